The Balaban J connectivity index is 1.76. The van der Waals surface area contributed by atoms with Crippen LogP contribution in [0, 0.1) is 13.8 Å². The molecule has 5 nitrogen and oxygen atoms in total. The van der Waals surface area contributed by atoms with Gasteiger partial charge in [-0.25, -0.2) is 4.98 Å². The lowest BCUT2D eigenvalue weighted by atomic mass is 9.99. The third kappa shape index (κ3) is 6.00. The van der Waals surface area contributed by atoms with Crippen molar-refractivity contribution in [1.29, 1.82) is 0 Å². The third-order valence-electron chi connectivity index (χ3n) is 5.79. The van der Waals surface area contributed by atoms with Crippen molar-refractivity contribution < 1.29 is 19.1 Å². The molecule has 0 amide bonds. The number of aryl methyl sites for hydroxylation is 2. The van der Waals surface area contributed by atoms with Crippen LogP contribution in [0.2, 0.25) is 0 Å². The number of aromatic nitrogens is 1. The van der Waals surface area contributed by atoms with Crippen LogP contribution in [0.3, 0.4) is 0 Å². The number of benzene rings is 3. The molecule has 3 aromatic carbocycles. The molecule has 0 spiro atoms. The lowest BCUT2D eigenvalue weighted by Gasteiger charge is -2.15. The number of carbonyl (C=O) groups excluding carboxylic acids is 2. The van der Waals surface area contributed by atoms with E-state index < -0.39 is 5.97 Å². The van der Waals surface area contributed by atoms with E-state index in [9.17, 15) is 9.59 Å². The summed E-state index contributed by atoms with van der Waals surface area (Å²) >= 11 is 3.67. The van der Waals surface area contributed by atoms with Crippen molar-refractivity contribution in [3.63, 3.8) is 0 Å². The van der Waals surface area contributed by atoms with Crippen LogP contribution in [0.4, 0.5) is 0 Å². The molecule has 0 aliphatic rings. The number of ether oxygens (including phenoxy) is 2. The van der Waals surface area contributed by atoms with Crippen molar-refractivity contribution in [2.75, 3.05) is 6.61 Å². The first-order chi connectivity index (χ1) is 17.4. The maximum Gasteiger partial charge on any atom is 0.306 e. The molecule has 0 saturated heterocycles. The second kappa shape index (κ2) is 11.5. The van der Waals surface area contributed by atoms with Crippen LogP contribution in [0.15, 0.2) is 71.2 Å². The topological polar surface area (TPSA) is 65.5 Å². The first-order valence-corrected chi connectivity index (χ1v) is 12.7. The number of esters is 1. The van der Waals surface area contributed by atoms with Crippen molar-refractivity contribution in [2.45, 2.75) is 40.2 Å². The number of hydrogen-bond acceptors (Lipinski definition) is 5. The molecule has 4 aromatic rings. The maximum atomic E-state index is 13.3. The number of nitrogens with zero attached hydrogens (tertiary/aromatic N) is 1. The molecule has 36 heavy (non-hydrogen) atoms. The lowest BCUT2D eigenvalue weighted by molar-refractivity contribution is -0.143. The smallest absolute Gasteiger partial charge is 0.306 e. The van der Waals surface area contributed by atoms with Crippen LogP contribution in [0.1, 0.15) is 46.9 Å². The average Bonchev–Trinajstić information content (AvgIpc) is 2.86. The summed E-state index contributed by atoms with van der Waals surface area (Å²) in [6, 6.07) is 22.1. The van der Waals surface area contributed by atoms with Gasteiger partial charge in [-0.15, -0.1) is 0 Å². The minimum absolute atomic E-state index is 0.00918. The molecule has 0 saturated carbocycles. The van der Waals surface area contributed by atoms with Gasteiger partial charge in [0.15, 0.2) is 11.5 Å². The Bertz CT molecular complexity index is 1400. The Labute approximate surface area is 219 Å². The van der Waals surface area contributed by atoms with Crippen LogP contribution in [0.25, 0.3) is 22.0 Å². The lowest BCUT2D eigenvalue weighted by Crippen LogP contribution is -2.11. The van der Waals surface area contributed by atoms with Crippen molar-refractivity contribution in [2.24, 2.45) is 0 Å². The molecule has 0 aliphatic carbocycles. The number of ketones is 1. The molecule has 4 rings (SSSR count). The first-order valence-electron chi connectivity index (χ1n) is 11.9. The van der Waals surface area contributed by atoms with Gasteiger partial charge in [0.1, 0.15) is 12.3 Å². The minimum Gasteiger partial charge on any atom is -0.485 e. The molecule has 0 aliphatic heterocycles. The molecule has 1 aromatic heterocycles. The van der Waals surface area contributed by atoms with E-state index in [4.69, 9.17) is 14.5 Å². The predicted molar refractivity (Wildman–Crippen MR) is 145 cm³/mol. The largest absolute Gasteiger partial charge is 0.485 e. The van der Waals surface area contributed by atoms with Crippen LogP contribution in [-0.4, -0.2) is 23.3 Å². The Morgan fingerprint density at radius 1 is 0.889 bits per heavy atom. The van der Waals surface area contributed by atoms with Gasteiger partial charge < -0.3 is 9.47 Å². The monoisotopic (exact) mass is 545 g/mol. The molecular formula is C30H28BrNO4. The Kier molecular flexibility index (Phi) is 8.16. The van der Waals surface area contributed by atoms with E-state index in [1.807, 2.05) is 48.5 Å². The summed E-state index contributed by atoms with van der Waals surface area (Å²) in [6.07, 6.45) is -0.0208. The number of pyridine rings is 1. The fourth-order valence-electron chi connectivity index (χ4n) is 4.15. The van der Waals surface area contributed by atoms with E-state index in [1.54, 1.807) is 6.92 Å². The van der Waals surface area contributed by atoms with Crippen molar-refractivity contribution >= 4 is 38.6 Å². The van der Waals surface area contributed by atoms with E-state index in [0.717, 1.165) is 22.1 Å². The third-order valence-corrected chi connectivity index (χ3v) is 6.57. The van der Waals surface area contributed by atoms with Gasteiger partial charge in [0, 0.05) is 11.8 Å². The summed E-state index contributed by atoms with van der Waals surface area (Å²) < 4.78 is 11.8. The Hall–Kier alpha value is -3.51. The second-order valence-corrected chi connectivity index (χ2v) is 9.51. The highest BCUT2D eigenvalue weighted by Crippen LogP contribution is 2.38. The highest BCUT2D eigenvalue weighted by atomic mass is 79.9. The zero-order valence-electron chi connectivity index (χ0n) is 20.6. The van der Waals surface area contributed by atoms with Gasteiger partial charge in [0.25, 0.3) is 0 Å². The molecule has 0 fully saturated rings. The molecule has 0 atom stereocenters. The van der Waals surface area contributed by atoms with Gasteiger partial charge in [-0.05, 0) is 59.5 Å². The van der Waals surface area contributed by atoms with Crippen molar-refractivity contribution in [3.8, 4) is 16.9 Å². The zero-order valence-corrected chi connectivity index (χ0v) is 22.2. The number of halogens is 1. The standard InChI is InChI=1S/C30H28BrNO4/c1-4-35-27(34)13-12-26(33)29-30(36-18-21-8-6-5-7-9-21)28(31)24-11-10-22(17-25(24)32-29)23-15-19(2)14-20(3)16-23/h5-11,14-17H,4,12-13,18H2,1-3H3. The number of hydrogen-bond donors (Lipinski definition) is 0. The Morgan fingerprint density at radius 2 is 1.61 bits per heavy atom. The predicted octanol–water partition coefficient (Wildman–Crippen LogP) is 7.39. The molecule has 0 unspecified atom stereocenters. The summed E-state index contributed by atoms with van der Waals surface area (Å²) in [4.78, 5) is 29.9. The SMILES string of the molecule is CCOC(=O)CCC(=O)c1nc2cc(-c3cc(C)cc(C)c3)ccc2c(Br)c1OCc1ccccc1. The number of rotatable bonds is 9. The molecule has 0 N–H and O–H groups in total. The molecule has 184 valence electrons. The molecule has 0 bridgehead atoms. The number of carbonyl (C=O) groups is 2. The van der Waals surface area contributed by atoms with E-state index in [0.29, 0.717) is 15.7 Å². The van der Waals surface area contributed by atoms with Crippen LogP contribution in [0.5, 0.6) is 5.75 Å². The first kappa shape index (κ1) is 25.6. The maximum absolute atomic E-state index is 13.3. The summed E-state index contributed by atoms with van der Waals surface area (Å²) in [5.74, 6) is -0.306. The highest BCUT2D eigenvalue weighted by molar-refractivity contribution is 9.10. The molecule has 0 radical (unpaired) electrons. The number of Topliss-reactive ketones (excluding diaryl/α,β-unsaturated/α-hetero) is 1. The van der Waals surface area contributed by atoms with E-state index in [-0.39, 0.29) is 37.5 Å². The quantitative estimate of drug-likeness (QED) is 0.162. The van der Waals surface area contributed by atoms with Gasteiger partial charge in [0.05, 0.1) is 23.0 Å². The zero-order chi connectivity index (χ0) is 25.7. The summed E-state index contributed by atoms with van der Waals surface area (Å²) in [5, 5.41) is 0.841. The second-order valence-electron chi connectivity index (χ2n) is 8.71. The summed E-state index contributed by atoms with van der Waals surface area (Å²) in [7, 11) is 0. The Morgan fingerprint density at radius 3 is 2.31 bits per heavy atom. The molecule has 1 heterocycles. The van der Waals surface area contributed by atoms with Gasteiger partial charge in [-0.3, -0.25) is 9.59 Å². The van der Waals surface area contributed by atoms with E-state index in [1.165, 1.54) is 11.1 Å². The van der Waals surface area contributed by atoms with E-state index >= 15 is 0 Å². The summed E-state index contributed by atoms with van der Waals surface area (Å²) in [5.41, 5.74) is 6.30. The fourth-order valence-corrected chi connectivity index (χ4v) is 4.78. The average molecular weight is 546 g/mol. The van der Waals surface area contributed by atoms with E-state index in [2.05, 4.69) is 48.0 Å². The highest BCUT2D eigenvalue weighted by Gasteiger charge is 2.22. The fraction of sp³-hybridized carbons (Fsp3) is 0.233. The van der Waals surface area contributed by atoms with Gasteiger partial charge in [0.2, 0.25) is 0 Å². The van der Waals surface area contributed by atoms with Crippen molar-refractivity contribution in [3.05, 3.63) is 93.6 Å². The minimum atomic E-state index is -0.408. The van der Waals surface area contributed by atoms with Crippen molar-refractivity contribution in [1.82, 2.24) is 4.98 Å². The van der Waals surface area contributed by atoms with Gasteiger partial charge in [-0.2, -0.15) is 0 Å². The van der Waals surface area contributed by atoms with Crippen LogP contribution < -0.4 is 4.74 Å². The normalized spacial score (nSPS) is 10.9. The van der Waals surface area contributed by atoms with Gasteiger partial charge >= 0.3 is 5.97 Å². The number of fused-ring (bicyclic) bond motifs is 1. The van der Waals surface area contributed by atoms with Crippen LogP contribution >= 0.6 is 15.9 Å². The van der Waals surface area contributed by atoms with Crippen LogP contribution in [-0.2, 0) is 16.1 Å². The summed E-state index contributed by atoms with van der Waals surface area (Å²) in [6.45, 7) is 6.45. The molecular weight excluding hydrogens is 518 g/mol. The van der Waals surface area contributed by atoms with Gasteiger partial charge in [-0.1, -0.05) is 71.8 Å². The molecule has 6 heteroatoms.